The summed E-state index contributed by atoms with van der Waals surface area (Å²) in [5, 5.41) is 3.60. The summed E-state index contributed by atoms with van der Waals surface area (Å²) in [4.78, 5) is 0. The molecule has 2 heterocycles. The summed E-state index contributed by atoms with van der Waals surface area (Å²) in [6.45, 7) is 3.00. The van der Waals surface area contributed by atoms with Gasteiger partial charge in [-0.05, 0) is 36.9 Å². The van der Waals surface area contributed by atoms with Gasteiger partial charge < -0.3 is 10.1 Å². The van der Waals surface area contributed by atoms with Crippen molar-refractivity contribution in [3.05, 3.63) is 35.4 Å². The Labute approximate surface area is 103 Å². The smallest absolute Gasteiger partial charge is 0.0535 e. The summed E-state index contributed by atoms with van der Waals surface area (Å²) >= 11 is 0. The number of rotatable bonds is 2. The molecule has 0 aliphatic carbocycles. The van der Waals surface area contributed by atoms with Crippen molar-refractivity contribution in [2.75, 3.05) is 19.8 Å². The summed E-state index contributed by atoms with van der Waals surface area (Å²) in [5.41, 5.74) is 2.90. The Morgan fingerprint density at radius 2 is 1.82 bits per heavy atom. The molecule has 17 heavy (non-hydrogen) atoms. The number of piperidine rings is 1. The third kappa shape index (κ3) is 2.53. The van der Waals surface area contributed by atoms with Crippen LogP contribution in [0.5, 0.6) is 0 Å². The molecule has 2 aliphatic rings. The van der Waals surface area contributed by atoms with Crippen LogP contribution in [-0.4, -0.2) is 19.8 Å². The molecule has 1 N–H and O–H groups in total. The Morgan fingerprint density at radius 3 is 2.47 bits per heavy atom. The number of ether oxygens (including phenoxy) is 1. The molecule has 2 unspecified atom stereocenters. The van der Waals surface area contributed by atoms with Crippen LogP contribution in [0, 0.1) is 0 Å². The standard InChI is InChI=1S/C15H21NO/c1-2-9-16-15(3-1)13-6-4-12(5-7-13)14-8-10-17-11-14/h4-7,14-16H,1-3,8-11H2. The first kappa shape index (κ1) is 11.2. The van der Waals surface area contributed by atoms with E-state index in [4.69, 9.17) is 4.74 Å². The van der Waals surface area contributed by atoms with Gasteiger partial charge in [0, 0.05) is 18.6 Å². The second-order valence-corrected chi connectivity index (χ2v) is 5.23. The molecule has 0 saturated carbocycles. The van der Waals surface area contributed by atoms with E-state index in [0.29, 0.717) is 12.0 Å². The van der Waals surface area contributed by atoms with Crippen LogP contribution in [0.2, 0.25) is 0 Å². The minimum absolute atomic E-state index is 0.581. The molecule has 2 saturated heterocycles. The lowest BCUT2D eigenvalue weighted by atomic mass is 9.93. The maximum absolute atomic E-state index is 5.45. The number of hydrogen-bond acceptors (Lipinski definition) is 2. The van der Waals surface area contributed by atoms with Crippen molar-refractivity contribution in [2.45, 2.75) is 37.6 Å². The normalized spacial score (nSPS) is 29.4. The first-order valence-electron chi connectivity index (χ1n) is 6.84. The minimum atomic E-state index is 0.581. The van der Waals surface area contributed by atoms with Crippen LogP contribution in [0.1, 0.15) is 48.8 Å². The second kappa shape index (κ2) is 5.19. The van der Waals surface area contributed by atoms with Crippen LogP contribution in [0.4, 0.5) is 0 Å². The Bertz CT molecular complexity index is 348. The van der Waals surface area contributed by atoms with Gasteiger partial charge in [-0.15, -0.1) is 0 Å². The summed E-state index contributed by atoms with van der Waals surface area (Å²) in [6.07, 6.45) is 5.15. The molecule has 0 spiro atoms. The van der Waals surface area contributed by atoms with E-state index in [1.807, 2.05) is 0 Å². The molecule has 0 radical (unpaired) electrons. The fraction of sp³-hybridized carbons (Fsp3) is 0.600. The predicted molar refractivity (Wildman–Crippen MR) is 69.2 cm³/mol. The highest BCUT2D eigenvalue weighted by molar-refractivity contribution is 5.28. The Kier molecular flexibility index (Phi) is 3.44. The van der Waals surface area contributed by atoms with E-state index < -0.39 is 0 Å². The van der Waals surface area contributed by atoms with Crippen molar-refractivity contribution in [2.24, 2.45) is 0 Å². The maximum Gasteiger partial charge on any atom is 0.0535 e. The molecular weight excluding hydrogens is 210 g/mol. The Hall–Kier alpha value is -0.860. The molecule has 0 amide bonds. The van der Waals surface area contributed by atoms with E-state index in [0.717, 1.165) is 13.2 Å². The SMILES string of the molecule is c1cc(C2CCCCN2)ccc1C1CCOC1. The van der Waals surface area contributed by atoms with E-state index in [2.05, 4.69) is 29.6 Å². The molecule has 1 aromatic carbocycles. The van der Waals surface area contributed by atoms with E-state index in [-0.39, 0.29) is 0 Å². The summed E-state index contributed by atoms with van der Waals surface area (Å²) < 4.78 is 5.45. The second-order valence-electron chi connectivity index (χ2n) is 5.23. The first-order chi connectivity index (χ1) is 8.43. The van der Waals surface area contributed by atoms with Crippen LogP contribution < -0.4 is 5.32 Å². The van der Waals surface area contributed by atoms with Crippen LogP contribution in [0.25, 0.3) is 0 Å². The molecule has 3 rings (SSSR count). The fourth-order valence-electron chi connectivity index (χ4n) is 2.93. The van der Waals surface area contributed by atoms with Crippen molar-refractivity contribution < 1.29 is 4.74 Å². The summed E-state index contributed by atoms with van der Waals surface area (Å²) in [5.74, 6) is 0.628. The molecule has 2 atom stereocenters. The highest BCUT2D eigenvalue weighted by Crippen LogP contribution is 2.28. The molecule has 2 aliphatic heterocycles. The fourth-order valence-corrected chi connectivity index (χ4v) is 2.93. The van der Waals surface area contributed by atoms with Gasteiger partial charge in [0.05, 0.1) is 6.61 Å². The van der Waals surface area contributed by atoms with Gasteiger partial charge in [0.25, 0.3) is 0 Å². The van der Waals surface area contributed by atoms with Crippen molar-refractivity contribution in [3.63, 3.8) is 0 Å². The summed E-state index contributed by atoms with van der Waals surface area (Å²) in [7, 11) is 0. The van der Waals surface area contributed by atoms with Crippen molar-refractivity contribution >= 4 is 0 Å². The average Bonchev–Trinajstić information content (AvgIpc) is 2.94. The molecular formula is C15H21NO. The Balaban J connectivity index is 1.70. The monoisotopic (exact) mass is 231 g/mol. The summed E-state index contributed by atoms with van der Waals surface area (Å²) in [6, 6.07) is 9.78. The Morgan fingerprint density at radius 1 is 1.00 bits per heavy atom. The lowest BCUT2D eigenvalue weighted by Crippen LogP contribution is -2.26. The predicted octanol–water partition coefficient (Wildman–Crippen LogP) is 3.01. The van der Waals surface area contributed by atoms with Gasteiger partial charge in [0.15, 0.2) is 0 Å². The third-order valence-electron chi connectivity index (χ3n) is 4.05. The van der Waals surface area contributed by atoms with E-state index in [1.54, 1.807) is 0 Å². The molecule has 0 bridgehead atoms. The molecule has 0 aromatic heterocycles. The molecule has 1 aromatic rings. The molecule has 2 heteroatoms. The van der Waals surface area contributed by atoms with Crippen LogP contribution in [0.3, 0.4) is 0 Å². The molecule has 92 valence electrons. The van der Waals surface area contributed by atoms with Crippen LogP contribution in [0.15, 0.2) is 24.3 Å². The topological polar surface area (TPSA) is 21.3 Å². The third-order valence-corrected chi connectivity index (χ3v) is 4.05. The van der Waals surface area contributed by atoms with Crippen molar-refractivity contribution in [1.82, 2.24) is 5.32 Å². The van der Waals surface area contributed by atoms with Gasteiger partial charge in [0.2, 0.25) is 0 Å². The zero-order chi connectivity index (χ0) is 11.5. The highest BCUT2D eigenvalue weighted by Gasteiger charge is 2.19. The largest absolute Gasteiger partial charge is 0.381 e. The number of benzene rings is 1. The van der Waals surface area contributed by atoms with Crippen LogP contribution >= 0.6 is 0 Å². The van der Waals surface area contributed by atoms with Crippen LogP contribution in [-0.2, 0) is 4.74 Å². The maximum atomic E-state index is 5.45. The van der Waals surface area contributed by atoms with Gasteiger partial charge >= 0.3 is 0 Å². The van der Waals surface area contributed by atoms with Gasteiger partial charge in [-0.1, -0.05) is 30.7 Å². The van der Waals surface area contributed by atoms with E-state index >= 15 is 0 Å². The number of hydrogen-bond donors (Lipinski definition) is 1. The van der Waals surface area contributed by atoms with E-state index in [1.165, 1.54) is 43.4 Å². The van der Waals surface area contributed by atoms with Gasteiger partial charge in [0.1, 0.15) is 0 Å². The van der Waals surface area contributed by atoms with E-state index in [9.17, 15) is 0 Å². The van der Waals surface area contributed by atoms with Gasteiger partial charge in [-0.3, -0.25) is 0 Å². The number of nitrogens with one attached hydrogen (secondary N) is 1. The quantitative estimate of drug-likeness (QED) is 0.845. The van der Waals surface area contributed by atoms with Gasteiger partial charge in [-0.25, -0.2) is 0 Å². The zero-order valence-electron chi connectivity index (χ0n) is 10.3. The van der Waals surface area contributed by atoms with Gasteiger partial charge in [-0.2, -0.15) is 0 Å². The first-order valence-corrected chi connectivity index (χ1v) is 6.84. The average molecular weight is 231 g/mol. The lowest BCUT2D eigenvalue weighted by Gasteiger charge is -2.24. The zero-order valence-corrected chi connectivity index (χ0v) is 10.3. The van der Waals surface area contributed by atoms with Crippen molar-refractivity contribution in [3.8, 4) is 0 Å². The molecule has 2 fully saturated rings. The minimum Gasteiger partial charge on any atom is -0.381 e. The highest BCUT2D eigenvalue weighted by atomic mass is 16.5. The lowest BCUT2D eigenvalue weighted by molar-refractivity contribution is 0.194. The molecule has 2 nitrogen and oxygen atoms in total. The van der Waals surface area contributed by atoms with Crippen molar-refractivity contribution in [1.29, 1.82) is 0 Å².